The summed E-state index contributed by atoms with van der Waals surface area (Å²) in [6, 6.07) is 25.4. The average molecular weight is 441 g/mol. The summed E-state index contributed by atoms with van der Waals surface area (Å²) in [4.78, 5) is 18.5. The van der Waals surface area contributed by atoms with Crippen molar-refractivity contribution in [3.63, 3.8) is 0 Å². The largest absolute Gasteiger partial charge is 0.486 e. The summed E-state index contributed by atoms with van der Waals surface area (Å²) in [5.41, 5.74) is 2.19. The number of ether oxygens (including phenoxy) is 1. The number of oxazole rings is 1. The van der Waals surface area contributed by atoms with Gasteiger partial charge in [0.15, 0.2) is 0 Å². The summed E-state index contributed by atoms with van der Waals surface area (Å²) in [5, 5.41) is 6.95. The van der Waals surface area contributed by atoms with Crippen molar-refractivity contribution in [2.75, 3.05) is 0 Å². The van der Waals surface area contributed by atoms with Crippen LogP contribution in [0.25, 0.3) is 21.5 Å². The van der Waals surface area contributed by atoms with Crippen LogP contribution in [0.1, 0.15) is 21.6 Å². The normalized spacial score (nSPS) is 10.9. The van der Waals surface area contributed by atoms with Gasteiger partial charge in [-0.05, 0) is 39.9 Å². The molecule has 3 aromatic carbocycles. The highest BCUT2D eigenvalue weighted by atomic mass is 32.1. The van der Waals surface area contributed by atoms with Crippen molar-refractivity contribution in [2.24, 2.45) is 0 Å². The van der Waals surface area contributed by atoms with E-state index in [0.29, 0.717) is 29.4 Å². The number of hydrogen-bond acceptors (Lipinski definition) is 5. The Morgan fingerprint density at radius 2 is 1.75 bits per heavy atom. The lowest BCUT2D eigenvalue weighted by atomic mass is 10.1. The summed E-state index contributed by atoms with van der Waals surface area (Å²) in [7, 11) is 0. The first-order chi connectivity index (χ1) is 15.8. The van der Waals surface area contributed by atoms with E-state index in [2.05, 4.69) is 10.3 Å². The molecule has 158 valence electrons. The highest BCUT2D eigenvalue weighted by molar-refractivity contribution is 7.13. The predicted molar refractivity (Wildman–Crippen MR) is 126 cm³/mol. The van der Waals surface area contributed by atoms with Crippen LogP contribution in [-0.2, 0) is 13.2 Å². The molecule has 1 N–H and O–H groups in total. The Bertz CT molecular complexity index is 1340. The van der Waals surface area contributed by atoms with E-state index >= 15 is 0 Å². The number of aromatic nitrogens is 1. The molecule has 0 spiro atoms. The molecular weight excluding hydrogens is 420 g/mol. The first kappa shape index (κ1) is 20.0. The van der Waals surface area contributed by atoms with Gasteiger partial charge in [0.25, 0.3) is 5.91 Å². The van der Waals surface area contributed by atoms with Gasteiger partial charge in [-0.15, -0.1) is 11.3 Å². The van der Waals surface area contributed by atoms with Gasteiger partial charge in [0.1, 0.15) is 24.3 Å². The van der Waals surface area contributed by atoms with Crippen molar-refractivity contribution >= 4 is 28.0 Å². The van der Waals surface area contributed by atoms with E-state index in [9.17, 15) is 4.79 Å². The third kappa shape index (κ3) is 4.40. The van der Waals surface area contributed by atoms with Crippen molar-refractivity contribution in [1.29, 1.82) is 0 Å². The maximum absolute atomic E-state index is 13.0. The van der Waals surface area contributed by atoms with E-state index in [4.69, 9.17) is 9.15 Å². The molecule has 32 heavy (non-hydrogen) atoms. The molecule has 2 aromatic heterocycles. The van der Waals surface area contributed by atoms with Crippen LogP contribution in [0.5, 0.6) is 5.75 Å². The second kappa shape index (κ2) is 9.08. The van der Waals surface area contributed by atoms with Crippen molar-refractivity contribution in [1.82, 2.24) is 10.3 Å². The number of thiophene rings is 1. The van der Waals surface area contributed by atoms with E-state index in [1.807, 2.05) is 84.2 Å². The molecule has 0 fully saturated rings. The number of rotatable bonds is 7. The summed E-state index contributed by atoms with van der Waals surface area (Å²) >= 11 is 1.57. The number of carbonyl (C=O) groups excluding carboxylic acids is 1. The molecule has 0 radical (unpaired) electrons. The number of benzene rings is 3. The molecule has 0 aliphatic rings. The third-order valence-electron chi connectivity index (χ3n) is 5.05. The van der Waals surface area contributed by atoms with Crippen LogP contribution in [0.4, 0.5) is 0 Å². The van der Waals surface area contributed by atoms with Gasteiger partial charge in [0, 0.05) is 6.54 Å². The zero-order valence-electron chi connectivity index (χ0n) is 17.2. The lowest BCUT2D eigenvalue weighted by Gasteiger charge is -2.13. The molecule has 0 saturated carbocycles. The molecule has 1 amide bonds. The van der Waals surface area contributed by atoms with E-state index in [-0.39, 0.29) is 12.5 Å². The van der Waals surface area contributed by atoms with Gasteiger partial charge >= 0.3 is 0 Å². The van der Waals surface area contributed by atoms with Gasteiger partial charge in [-0.2, -0.15) is 0 Å². The highest BCUT2D eigenvalue weighted by Crippen LogP contribution is 2.28. The zero-order valence-corrected chi connectivity index (χ0v) is 18.0. The maximum Gasteiger partial charge on any atom is 0.255 e. The van der Waals surface area contributed by atoms with Crippen LogP contribution >= 0.6 is 11.3 Å². The highest BCUT2D eigenvalue weighted by Gasteiger charge is 2.16. The number of nitrogens with zero attached hydrogens (tertiary/aromatic N) is 1. The first-order valence-electron chi connectivity index (χ1n) is 10.2. The van der Waals surface area contributed by atoms with E-state index in [1.165, 1.54) is 0 Å². The molecule has 0 unspecified atom stereocenters. The van der Waals surface area contributed by atoms with Crippen LogP contribution in [-0.4, -0.2) is 10.9 Å². The molecule has 0 atom stereocenters. The van der Waals surface area contributed by atoms with Gasteiger partial charge < -0.3 is 14.5 Å². The molecule has 6 heteroatoms. The molecule has 5 rings (SSSR count). The van der Waals surface area contributed by atoms with Crippen LogP contribution in [0.15, 0.2) is 94.9 Å². The average Bonchev–Trinajstić information content (AvgIpc) is 3.53. The first-order valence-corrected chi connectivity index (χ1v) is 11.1. The van der Waals surface area contributed by atoms with Crippen molar-refractivity contribution in [2.45, 2.75) is 13.2 Å². The fourth-order valence-corrected chi connectivity index (χ4v) is 4.08. The SMILES string of the molecule is O=C(NCc1ccccc1)c1cc2ccccc2cc1OCc1coc(-c2cccs2)n1. The standard InChI is InChI=1S/C26H20N2O3S/c29-25(27-15-18-7-2-1-3-8-18)22-13-19-9-4-5-10-20(19)14-23(22)30-16-21-17-31-26(28-21)24-11-6-12-32-24/h1-14,17H,15-16H2,(H,27,29). The Kier molecular flexibility index (Phi) is 5.68. The predicted octanol–water partition coefficient (Wildman–Crippen LogP) is 6.07. The molecule has 0 aliphatic carbocycles. The lowest BCUT2D eigenvalue weighted by Crippen LogP contribution is -2.23. The smallest absolute Gasteiger partial charge is 0.255 e. The van der Waals surface area contributed by atoms with Gasteiger partial charge in [-0.1, -0.05) is 60.7 Å². The van der Waals surface area contributed by atoms with Gasteiger partial charge in [-0.25, -0.2) is 4.98 Å². The number of carbonyl (C=O) groups is 1. The molecule has 5 nitrogen and oxygen atoms in total. The summed E-state index contributed by atoms with van der Waals surface area (Å²) in [6.45, 7) is 0.644. The lowest BCUT2D eigenvalue weighted by molar-refractivity contribution is 0.0946. The minimum absolute atomic E-state index is 0.186. The quantitative estimate of drug-likeness (QED) is 0.334. The van der Waals surface area contributed by atoms with Crippen molar-refractivity contribution in [3.8, 4) is 16.5 Å². The molecule has 5 aromatic rings. The Hall–Kier alpha value is -3.90. The summed E-state index contributed by atoms with van der Waals surface area (Å²) < 4.78 is 11.6. The number of hydrogen-bond donors (Lipinski definition) is 1. The van der Waals surface area contributed by atoms with E-state index in [1.54, 1.807) is 17.6 Å². The zero-order chi connectivity index (χ0) is 21.8. The molecule has 0 bridgehead atoms. The second-order valence-corrected chi connectivity index (χ2v) is 8.22. The fraction of sp³-hybridized carbons (Fsp3) is 0.0769. The molecule has 0 aliphatic heterocycles. The minimum atomic E-state index is -0.186. The Labute approximate surface area is 189 Å². The molecule has 2 heterocycles. The fourth-order valence-electron chi connectivity index (χ4n) is 3.43. The summed E-state index contributed by atoms with van der Waals surface area (Å²) in [5.74, 6) is 0.891. The van der Waals surface area contributed by atoms with Crippen LogP contribution in [0.2, 0.25) is 0 Å². The Balaban J connectivity index is 1.38. The Morgan fingerprint density at radius 3 is 2.53 bits per heavy atom. The number of amides is 1. The van der Waals surface area contributed by atoms with Crippen LogP contribution in [0, 0.1) is 0 Å². The number of fused-ring (bicyclic) bond motifs is 1. The molecular formula is C26H20N2O3S. The van der Waals surface area contributed by atoms with Crippen LogP contribution < -0.4 is 10.1 Å². The van der Waals surface area contributed by atoms with E-state index < -0.39 is 0 Å². The monoisotopic (exact) mass is 440 g/mol. The van der Waals surface area contributed by atoms with Crippen molar-refractivity contribution < 1.29 is 13.9 Å². The minimum Gasteiger partial charge on any atom is -0.486 e. The maximum atomic E-state index is 13.0. The van der Waals surface area contributed by atoms with Gasteiger partial charge in [-0.3, -0.25) is 4.79 Å². The van der Waals surface area contributed by atoms with Gasteiger partial charge in [0.2, 0.25) is 5.89 Å². The molecule has 0 saturated heterocycles. The van der Waals surface area contributed by atoms with Gasteiger partial charge in [0.05, 0.1) is 10.4 Å². The van der Waals surface area contributed by atoms with Crippen molar-refractivity contribution in [3.05, 3.63) is 107 Å². The second-order valence-electron chi connectivity index (χ2n) is 7.27. The Morgan fingerprint density at radius 1 is 0.969 bits per heavy atom. The topological polar surface area (TPSA) is 64.4 Å². The van der Waals surface area contributed by atoms with E-state index in [0.717, 1.165) is 21.2 Å². The third-order valence-corrected chi connectivity index (χ3v) is 5.91. The summed E-state index contributed by atoms with van der Waals surface area (Å²) in [6.07, 6.45) is 1.59. The number of nitrogens with one attached hydrogen (secondary N) is 1. The van der Waals surface area contributed by atoms with Crippen LogP contribution in [0.3, 0.4) is 0 Å².